The molecule has 1 atom stereocenters. The monoisotopic (exact) mass is 265 g/mol. The van der Waals surface area contributed by atoms with E-state index in [1.54, 1.807) is 0 Å². The zero-order valence-corrected chi connectivity index (χ0v) is 10.5. The maximum atomic E-state index is 12.4. The molecule has 1 N–H and O–H groups in total. The summed E-state index contributed by atoms with van der Waals surface area (Å²) >= 11 is 5.94. The zero-order valence-electron chi connectivity index (χ0n) is 9.76. The van der Waals surface area contributed by atoms with E-state index in [2.05, 4.69) is 5.32 Å². The molecule has 17 heavy (non-hydrogen) atoms. The average Bonchev–Trinajstić information content (AvgIpc) is 2.30. The van der Waals surface area contributed by atoms with Crippen molar-refractivity contribution in [3.8, 4) is 11.5 Å². The summed E-state index contributed by atoms with van der Waals surface area (Å²) in [7, 11) is 2.94. The fourth-order valence-electron chi connectivity index (χ4n) is 1.27. The number of halogens is 3. The van der Waals surface area contributed by atoms with E-state index in [-0.39, 0.29) is 0 Å². The van der Waals surface area contributed by atoms with Crippen LogP contribution in [0.15, 0.2) is 12.1 Å². The Hall–Kier alpha value is -1.23. The van der Waals surface area contributed by atoms with Gasteiger partial charge >= 0.3 is 0 Å². The number of hydrogen-bond donors (Lipinski definition) is 1. The van der Waals surface area contributed by atoms with Crippen molar-refractivity contribution in [1.82, 2.24) is 0 Å². The van der Waals surface area contributed by atoms with Crippen LogP contribution in [0.3, 0.4) is 0 Å². The van der Waals surface area contributed by atoms with Crippen molar-refractivity contribution in [2.24, 2.45) is 0 Å². The molecule has 0 aliphatic carbocycles. The first-order chi connectivity index (χ1) is 7.99. The van der Waals surface area contributed by atoms with E-state index < -0.39 is 12.5 Å². The minimum Gasteiger partial charge on any atom is -0.493 e. The number of rotatable bonds is 5. The number of benzene rings is 1. The Balaban J connectivity index is 3.00. The molecule has 0 bridgehead atoms. The second-order valence-electron chi connectivity index (χ2n) is 3.45. The fraction of sp³-hybridized carbons (Fsp3) is 0.455. The van der Waals surface area contributed by atoms with E-state index in [4.69, 9.17) is 21.1 Å². The summed E-state index contributed by atoms with van der Waals surface area (Å²) in [6.45, 7) is 1.37. The van der Waals surface area contributed by atoms with Gasteiger partial charge in [-0.25, -0.2) is 8.78 Å². The molecule has 6 heteroatoms. The normalized spacial score (nSPS) is 12.4. The Bertz CT molecular complexity index is 388. The van der Waals surface area contributed by atoms with Gasteiger partial charge in [0.2, 0.25) is 0 Å². The molecule has 0 saturated carbocycles. The smallest absolute Gasteiger partial charge is 0.258 e. The quantitative estimate of drug-likeness (QED) is 0.885. The Kier molecular flexibility index (Phi) is 4.81. The van der Waals surface area contributed by atoms with Crippen LogP contribution in [0.4, 0.5) is 14.5 Å². The van der Waals surface area contributed by atoms with E-state index in [0.717, 1.165) is 0 Å². The van der Waals surface area contributed by atoms with Gasteiger partial charge in [0.15, 0.2) is 11.5 Å². The van der Waals surface area contributed by atoms with Crippen LogP contribution in [0.2, 0.25) is 5.02 Å². The van der Waals surface area contributed by atoms with Gasteiger partial charge in [0, 0.05) is 12.1 Å². The molecule has 3 nitrogen and oxygen atoms in total. The van der Waals surface area contributed by atoms with Gasteiger partial charge < -0.3 is 14.8 Å². The molecule has 0 radical (unpaired) electrons. The van der Waals surface area contributed by atoms with Crippen LogP contribution in [-0.2, 0) is 0 Å². The molecule has 96 valence electrons. The Morgan fingerprint density at radius 1 is 1.18 bits per heavy atom. The van der Waals surface area contributed by atoms with Gasteiger partial charge in [-0.2, -0.15) is 0 Å². The lowest BCUT2D eigenvalue weighted by Gasteiger charge is -2.17. The largest absolute Gasteiger partial charge is 0.493 e. The Morgan fingerprint density at radius 3 is 2.18 bits per heavy atom. The Labute approximate surface area is 104 Å². The molecule has 1 rings (SSSR count). The summed E-state index contributed by atoms with van der Waals surface area (Å²) in [6, 6.07) is 2.05. The van der Waals surface area contributed by atoms with Crippen molar-refractivity contribution in [3.05, 3.63) is 17.2 Å². The molecule has 0 aliphatic rings. The number of alkyl halides is 2. The SMILES string of the molecule is COc1cc(Cl)c(NC(C)C(F)F)cc1OC. The predicted octanol–water partition coefficient (Wildman–Crippen LogP) is 3.42. The minimum atomic E-state index is -2.47. The number of methoxy groups -OCH3 is 2. The highest BCUT2D eigenvalue weighted by atomic mass is 35.5. The molecule has 0 amide bonds. The molecule has 0 aromatic heterocycles. The second-order valence-corrected chi connectivity index (χ2v) is 3.86. The number of anilines is 1. The number of ether oxygens (including phenoxy) is 2. The number of nitrogens with one attached hydrogen (secondary N) is 1. The highest BCUT2D eigenvalue weighted by Crippen LogP contribution is 2.36. The van der Waals surface area contributed by atoms with Crippen molar-refractivity contribution in [3.63, 3.8) is 0 Å². The van der Waals surface area contributed by atoms with Gasteiger partial charge in [-0.3, -0.25) is 0 Å². The summed E-state index contributed by atoms with van der Waals surface area (Å²) in [6.07, 6.45) is -2.47. The molecular weight excluding hydrogens is 252 g/mol. The first-order valence-electron chi connectivity index (χ1n) is 4.95. The molecule has 0 heterocycles. The van der Waals surface area contributed by atoms with E-state index in [9.17, 15) is 8.78 Å². The summed E-state index contributed by atoms with van der Waals surface area (Å²) in [5.74, 6) is 0.883. The molecule has 1 unspecified atom stereocenters. The van der Waals surface area contributed by atoms with Crippen LogP contribution < -0.4 is 14.8 Å². The van der Waals surface area contributed by atoms with E-state index in [1.165, 1.54) is 33.3 Å². The van der Waals surface area contributed by atoms with Gasteiger partial charge in [0.25, 0.3) is 6.43 Å². The average molecular weight is 266 g/mol. The van der Waals surface area contributed by atoms with Crippen LogP contribution in [0.1, 0.15) is 6.92 Å². The van der Waals surface area contributed by atoms with Gasteiger partial charge in [-0.05, 0) is 6.92 Å². The van der Waals surface area contributed by atoms with Gasteiger partial charge in [0.1, 0.15) is 0 Å². The van der Waals surface area contributed by atoms with Crippen molar-refractivity contribution < 1.29 is 18.3 Å². The highest BCUT2D eigenvalue weighted by Gasteiger charge is 2.17. The summed E-state index contributed by atoms with van der Waals surface area (Å²) < 4.78 is 34.9. The molecule has 0 spiro atoms. The van der Waals surface area contributed by atoms with Crippen LogP contribution >= 0.6 is 11.6 Å². The lowest BCUT2D eigenvalue weighted by atomic mass is 10.2. The fourth-order valence-corrected chi connectivity index (χ4v) is 1.48. The van der Waals surface area contributed by atoms with Crippen LogP contribution in [0.5, 0.6) is 11.5 Å². The van der Waals surface area contributed by atoms with E-state index >= 15 is 0 Å². The molecule has 0 saturated heterocycles. The third-order valence-electron chi connectivity index (χ3n) is 2.23. The predicted molar refractivity (Wildman–Crippen MR) is 63.6 cm³/mol. The van der Waals surface area contributed by atoms with E-state index in [0.29, 0.717) is 22.2 Å². The first-order valence-corrected chi connectivity index (χ1v) is 5.33. The maximum Gasteiger partial charge on any atom is 0.258 e. The van der Waals surface area contributed by atoms with Crippen LogP contribution in [-0.4, -0.2) is 26.7 Å². The second kappa shape index (κ2) is 5.91. The van der Waals surface area contributed by atoms with Crippen molar-refractivity contribution in [2.45, 2.75) is 19.4 Å². The number of hydrogen-bond acceptors (Lipinski definition) is 3. The maximum absolute atomic E-state index is 12.4. The third kappa shape index (κ3) is 3.36. The zero-order chi connectivity index (χ0) is 13.0. The minimum absolute atomic E-state index is 0.301. The summed E-state index contributed by atoms with van der Waals surface area (Å²) in [5.41, 5.74) is 0.386. The lowest BCUT2D eigenvalue weighted by molar-refractivity contribution is 0.130. The topological polar surface area (TPSA) is 30.5 Å². The van der Waals surface area contributed by atoms with Gasteiger partial charge in [-0.15, -0.1) is 0 Å². The first kappa shape index (κ1) is 13.8. The van der Waals surface area contributed by atoms with Gasteiger partial charge in [0.05, 0.1) is 31.0 Å². The summed E-state index contributed by atoms with van der Waals surface area (Å²) in [5, 5.41) is 2.92. The van der Waals surface area contributed by atoms with Gasteiger partial charge in [-0.1, -0.05) is 11.6 Å². The Morgan fingerprint density at radius 2 is 1.71 bits per heavy atom. The standard InChI is InChI=1S/C11H14ClF2NO2/c1-6(11(13)14)15-8-5-10(17-3)9(16-2)4-7(8)12/h4-6,11,15H,1-3H3. The van der Waals surface area contributed by atoms with Crippen molar-refractivity contribution >= 4 is 17.3 Å². The lowest BCUT2D eigenvalue weighted by Crippen LogP contribution is -2.23. The van der Waals surface area contributed by atoms with Crippen molar-refractivity contribution in [2.75, 3.05) is 19.5 Å². The molecule has 0 aliphatic heterocycles. The molecule has 1 aromatic rings. The molecule has 1 aromatic carbocycles. The summed E-state index contributed by atoms with van der Waals surface area (Å²) in [4.78, 5) is 0. The third-order valence-corrected chi connectivity index (χ3v) is 2.55. The van der Waals surface area contributed by atoms with E-state index in [1.807, 2.05) is 0 Å². The molecular formula is C11H14ClF2NO2. The van der Waals surface area contributed by atoms with Crippen molar-refractivity contribution in [1.29, 1.82) is 0 Å². The molecule has 0 fully saturated rings. The highest BCUT2D eigenvalue weighted by molar-refractivity contribution is 6.33. The van der Waals surface area contributed by atoms with Crippen LogP contribution in [0, 0.1) is 0 Å². The van der Waals surface area contributed by atoms with Crippen LogP contribution in [0.25, 0.3) is 0 Å².